The largest absolute Gasteiger partial charge is 0.332 e. The van der Waals surface area contributed by atoms with Crippen molar-refractivity contribution in [3.05, 3.63) is 17.6 Å². The van der Waals surface area contributed by atoms with E-state index in [1.54, 1.807) is 6.07 Å². The van der Waals surface area contributed by atoms with Gasteiger partial charge >= 0.3 is 0 Å². The topological polar surface area (TPSA) is 104 Å². The molecule has 0 bridgehead atoms. The van der Waals surface area contributed by atoms with E-state index in [1.165, 1.54) is 9.80 Å². The van der Waals surface area contributed by atoms with Gasteiger partial charge in [-0.15, -0.1) is 0 Å². The zero-order chi connectivity index (χ0) is 14.7. The number of aromatic nitrogens is 2. The summed E-state index contributed by atoms with van der Waals surface area (Å²) in [7, 11) is 0. The van der Waals surface area contributed by atoms with Crippen molar-refractivity contribution in [3.63, 3.8) is 0 Å². The van der Waals surface area contributed by atoms with Crippen molar-refractivity contribution >= 4 is 17.6 Å². The monoisotopic (exact) mass is 278 g/mol. The highest BCUT2D eigenvalue weighted by molar-refractivity contribution is 5.92. The molecule has 2 amide bonds. The molecule has 8 nitrogen and oxygen atoms in total. The molecule has 0 atom stereocenters. The van der Waals surface area contributed by atoms with Gasteiger partial charge in [0.2, 0.25) is 11.8 Å². The number of aryl methyl sites for hydroxylation is 1. The second-order valence-corrected chi connectivity index (χ2v) is 4.61. The summed E-state index contributed by atoms with van der Waals surface area (Å²) >= 11 is 0. The first-order valence-corrected chi connectivity index (χ1v) is 6.40. The number of rotatable bonds is 4. The zero-order valence-electron chi connectivity index (χ0n) is 11.6. The Labute approximate surface area is 116 Å². The van der Waals surface area contributed by atoms with Gasteiger partial charge in [0.25, 0.3) is 0 Å². The summed E-state index contributed by atoms with van der Waals surface area (Å²) < 4.78 is 0. The van der Waals surface area contributed by atoms with Crippen molar-refractivity contribution in [2.45, 2.75) is 20.4 Å². The molecule has 1 aliphatic rings. The van der Waals surface area contributed by atoms with Crippen LogP contribution >= 0.6 is 0 Å². The first-order valence-electron chi connectivity index (χ1n) is 6.40. The Balaban J connectivity index is 2.12. The van der Waals surface area contributed by atoms with Gasteiger partial charge in [0.15, 0.2) is 0 Å². The van der Waals surface area contributed by atoms with E-state index in [0.29, 0.717) is 18.2 Å². The van der Waals surface area contributed by atoms with E-state index in [1.807, 2.05) is 13.8 Å². The summed E-state index contributed by atoms with van der Waals surface area (Å²) in [6, 6.07) is 1.70. The summed E-state index contributed by atoms with van der Waals surface area (Å²) in [4.78, 5) is 35.2. The van der Waals surface area contributed by atoms with Crippen molar-refractivity contribution in [1.82, 2.24) is 19.8 Å². The minimum absolute atomic E-state index is 0.0584. The maximum Gasteiger partial charge on any atom is 0.243 e. The van der Waals surface area contributed by atoms with Gasteiger partial charge in [-0.25, -0.2) is 15.8 Å². The Morgan fingerprint density at radius 1 is 1.25 bits per heavy atom. The van der Waals surface area contributed by atoms with Crippen LogP contribution in [-0.4, -0.2) is 51.2 Å². The van der Waals surface area contributed by atoms with Gasteiger partial charge in [-0.3, -0.25) is 9.59 Å². The highest BCUT2D eigenvalue weighted by Crippen LogP contribution is 2.10. The fraction of sp³-hybridized carbons (Fsp3) is 0.500. The van der Waals surface area contributed by atoms with Gasteiger partial charge in [-0.05, 0) is 13.8 Å². The minimum atomic E-state index is -0.0983. The standard InChI is InChI=1S/C12H18N6O2/c1-3-17-6-12(20)18(7-11(17)19)5-10-14-8(2)4-9(15-10)16-13/h4H,3,5-7,13H2,1-2H3,(H,14,15,16). The molecule has 0 unspecified atom stereocenters. The fourth-order valence-corrected chi connectivity index (χ4v) is 2.08. The number of nitrogens with one attached hydrogen (secondary N) is 1. The number of nitrogens with two attached hydrogens (primary N) is 1. The predicted molar refractivity (Wildman–Crippen MR) is 72.3 cm³/mol. The normalized spacial score (nSPS) is 15.8. The van der Waals surface area contributed by atoms with E-state index >= 15 is 0 Å². The van der Waals surface area contributed by atoms with Crippen LogP contribution in [0, 0.1) is 6.92 Å². The molecule has 3 N–H and O–H groups in total. The first kappa shape index (κ1) is 14.2. The molecule has 0 spiro atoms. The number of nitrogens with zero attached hydrogens (tertiary/aromatic N) is 4. The van der Waals surface area contributed by atoms with Gasteiger partial charge in [0.1, 0.15) is 18.2 Å². The van der Waals surface area contributed by atoms with E-state index < -0.39 is 0 Å². The third-order valence-electron chi connectivity index (χ3n) is 3.12. The first-order chi connectivity index (χ1) is 9.53. The SMILES string of the molecule is CCN1CC(=O)N(Cc2nc(C)cc(NN)n2)CC1=O. The molecule has 0 radical (unpaired) electrons. The third-order valence-corrected chi connectivity index (χ3v) is 3.12. The van der Waals surface area contributed by atoms with Crippen molar-refractivity contribution in [1.29, 1.82) is 0 Å². The Hall–Kier alpha value is -2.22. The molecule has 0 saturated carbocycles. The van der Waals surface area contributed by atoms with E-state index in [-0.39, 0.29) is 31.4 Å². The molecular formula is C12H18N6O2. The van der Waals surface area contributed by atoms with Gasteiger partial charge in [-0.2, -0.15) is 0 Å². The molecule has 2 heterocycles. The zero-order valence-corrected chi connectivity index (χ0v) is 11.6. The molecule has 1 saturated heterocycles. The highest BCUT2D eigenvalue weighted by Gasteiger charge is 2.29. The molecule has 1 fully saturated rings. The fourth-order valence-electron chi connectivity index (χ4n) is 2.08. The number of hydrogen-bond donors (Lipinski definition) is 2. The van der Waals surface area contributed by atoms with Crippen molar-refractivity contribution in [2.75, 3.05) is 25.1 Å². The van der Waals surface area contributed by atoms with E-state index in [9.17, 15) is 9.59 Å². The minimum Gasteiger partial charge on any atom is -0.332 e. The van der Waals surface area contributed by atoms with Crippen LogP contribution in [0.5, 0.6) is 0 Å². The van der Waals surface area contributed by atoms with Crippen molar-refractivity contribution < 1.29 is 9.59 Å². The van der Waals surface area contributed by atoms with Crippen LogP contribution in [-0.2, 0) is 16.1 Å². The number of likely N-dealkylation sites (N-methyl/N-ethyl adjacent to an activating group) is 1. The molecule has 20 heavy (non-hydrogen) atoms. The van der Waals surface area contributed by atoms with Crippen LogP contribution in [0.15, 0.2) is 6.07 Å². The van der Waals surface area contributed by atoms with Crippen LogP contribution < -0.4 is 11.3 Å². The second kappa shape index (κ2) is 5.83. The number of piperazine rings is 1. The van der Waals surface area contributed by atoms with E-state index in [2.05, 4.69) is 15.4 Å². The van der Waals surface area contributed by atoms with Gasteiger partial charge in [-0.1, -0.05) is 0 Å². The Morgan fingerprint density at radius 2 is 1.90 bits per heavy atom. The highest BCUT2D eigenvalue weighted by atomic mass is 16.2. The number of hydrazine groups is 1. The summed E-state index contributed by atoms with van der Waals surface area (Å²) in [6.07, 6.45) is 0. The molecular weight excluding hydrogens is 260 g/mol. The molecule has 1 aromatic rings. The average Bonchev–Trinajstić information content (AvgIpc) is 2.41. The lowest BCUT2D eigenvalue weighted by Gasteiger charge is -2.32. The maximum absolute atomic E-state index is 12.0. The van der Waals surface area contributed by atoms with Crippen molar-refractivity contribution in [2.24, 2.45) is 5.84 Å². The van der Waals surface area contributed by atoms with Crippen LogP contribution in [0.3, 0.4) is 0 Å². The number of anilines is 1. The van der Waals surface area contributed by atoms with Crippen LogP contribution in [0.1, 0.15) is 18.4 Å². The molecule has 1 aromatic heterocycles. The summed E-state index contributed by atoms with van der Waals surface area (Å²) in [6.45, 7) is 4.59. The summed E-state index contributed by atoms with van der Waals surface area (Å²) in [5.41, 5.74) is 3.20. The quantitative estimate of drug-likeness (QED) is 0.555. The average molecular weight is 278 g/mol. The van der Waals surface area contributed by atoms with Crippen LogP contribution in [0.25, 0.3) is 0 Å². The number of amides is 2. The molecule has 8 heteroatoms. The van der Waals surface area contributed by atoms with E-state index in [4.69, 9.17) is 5.84 Å². The summed E-state index contributed by atoms with van der Waals surface area (Å²) in [5.74, 6) is 6.11. The van der Waals surface area contributed by atoms with Gasteiger partial charge < -0.3 is 15.2 Å². The Morgan fingerprint density at radius 3 is 2.55 bits per heavy atom. The maximum atomic E-state index is 12.0. The summed E-state index contributed by atoms with van der Waals surface area (Å²) in [5, 5.41) is 0. The predicted octanol–water partition coefficient (Wildman–Crippen LogP) is -0.739. The Bertz CT molecular complexity index is 533. The second-order valence-electron chi connectivity index (χ2n) is 4.61. The van der Waals surface area contributed by atoms with Crippen LogP contribution in [0.2, 0.25) is 0 Å². The van der Waals surface area contributed by atoms with Crippen molar-refractivity contribution in [3.8, 4) is 0 Å². The Kier molecular flexibility index (Phi) is 4.14. The molecule has 1 aliphatic heterocycles. The third kappa shape index (κ3) is 3.02. The number of carbonyl (C=O) groups excluding carboxylic acids is 2. The molecule has 2 rings (SSSR count). The van der Waals surface area contributed by atoms with Gasteiger partial charge in [0.05, 0.1) is 13.1 Å². The number of nitrogen functional groups attached to an aromatic ring is 1. The lowest BCUT2D eigenvalue weighted by atomic mass is 10.3. The van der Waals surface area contributed by atoms with Crippen LogP contribution in [0.4, 0.5) is 5.82 Å². The van der Waals surface area contributed by atoms with Gasteiger partial charge in [0, 0.05) is 18.3 Å². The van der Waals surface area contributed by atoms with E-state index in [0.717, 1.165) is 5.69 Å². The number of carbonyl (C=O) groups is 2. The lowest BCUT2D eigenvalue weighted by molar-refractivity contribution is -0.150. The smallest absolute Gasteiger partial charge is 0.243 e. The number of hydrogen-bond acceptors (Lipinski definition) is 6. The molecule has 0 aliphatic carbocycles. The lowest BCUT2D eigenvalue weighted by Crippen LogP contribution is -2.53. The molecule has 0 aromatic carbocycles. The molecule has 108 valence electrons.